The number of nitrogens with one attached hydrogen (secondary N) is 1. The van der Waals surface area contributed by atoms with Crippen LogP contribution in [0.15, 0.2) is 42.5 Å². The van der Waals surface area contributed by atoms with E-state index >= 15 is 0 Å². The van der Waals surface area contributed by atoms with Crippen molar-refractivity contribution in [1.29, 1.82) is 0 Å². The van der Waals surface area contributed by atoms with Gasteiger partial charge in [0.1, 0.15) is 5.75 Å². The molecule has 2 aromatic carbocycles. The predicted octanol–water partition coefficient (Wildman–Crippen LogP) is 3.44. The van der Waals surface area contributed by atoms with Crippen molar-refractivity contribution < 1.29 is 4.74 Å². The molecule has 3 heteroatoms. The van der Waals surface area contributed by atoms with E-state index in [0.29, 0.717) is 0 Å². The van der Waals surface area contributed by atoms with Crippen LogP contribution >= 0.6 is 0 Å². The van der Waals surface area contributed by atoms with Gasteiger partial charge in [-0.15, -0.1) is 0 Å². The quantitative estimate of drug-likeness (QED) is 0.694. The molecule has 0 saturated carbocycles. The number of pyridine rings is 1. The molecule has 0 bridgehead atoms. The maximum Gasteiger partial charge on any atom is 0.119 e. The van der Waals surface area contributed by atoms with Crippen molar-refractivity contribution in [2.75, 3.05) is 19.5 Å². The minimum absolute atomic E-state index is 0.844. The highest BCUT2D eigenvalue weighted by molar-refractivity contribution is 6.07. The molecule has 0 atom stereocenters. The minimum Gasteiger partial charge on any atom is -0.497 e. The van der Waals surface area contributed by atoms with Crippen molar-refractivity contribution in [1.82, 2.24) is 4.98 Å². The zero-order chi connectivity index (χ0) is 12.5. The number of rotatable bonds is 2. The van der Waals surface area contributed by atoms with Crippen LogP contribution in [-0.2, 0) is 0 Å². The van der Waals surface area contributed by atoms with Crippen LogP contribution in [0.3, 0.4) is 0 Å². The highest BCUT2D eigenvalue weighted by atomic mass is 16.5. The third-order valence-electron chi connectivity index (χ3n) is 3.14. The van der Waals surface area contributed by atoms with Crippen LogP contribution in [0.4, 0.5) is 5.69 Å². The van der Waals surface area contributed by atoms with Crippen LogP contribution in [0.5, 0.6) is 5.75 Å². The molecular formula is C15H14N2O. The summed E-state index contributed by atoms with van der Waals surface area (Å²) in [6.45, 7) is 0. The topological polar surface area (TPSA) is 34.2 Å². The third kappa shape index (κ3) is 1.56. The molecule has 3 nitrogen and oxygen atoms in total. The lowest BCUT2D eigenvalue weighted by Crippen LogP contribution is -1.94. The summed E-state index contributed by atoms with van der Waals surface area (Å²) < 4.78 is 5.28. The smallest absolute Gasteiger partial charge is 0.119 e. The Morgan fingerprint density at radius 2 is 1.78 bits per heavy atom. The molecule has 0 aliphatic carbocycles. The SMILES string of the molecule is CNc1c2ccccc2nc2ccc(OC)cc12. The molecule has 1 heterocycles. The van der Waals surface area contributed by atoms with E-state index in [1.165, 1.54) is 0 Å². The minimum atomic E-state index is 0.844. The van der Waals surface area contributed by atoms with E-state index in [1.807, 2.05) is 43.4 Å². The molecule has 0 aliphatic heterocycles. The van der Waals surface area contributed by atoms with Crippen molar-refractivity contribution in [2.24, 2.45) is 0 Å². The standard InChI is InChI=1S/C15H14N2O/c1-16-15-11-5-3-4-6-13(11)17-14-8-7-10(18-2)9-12(14)15/h3-9H,1-2H3,(H,16,17). The van der Waals surface area contributed by atoms with Gasteiger partial charge in [-0.1, -0.05) is 18.2 Å². The van der Waals surface area contributed by atoms with Crippen LogP contribution in [0.1, 0.15) is 0 Å². The van der Waals surface area contributed by atoms with Crippen LogP contribution in [-0.4, -0.2) is 19.1 Å². The molecule has 18 heavy (non-hydrogen) atoms. The van der Waals surface area contributed by atoms with Gasteiger partial charge in [0.15, 0.2) is 0 Å². The van der Waals surface area contributed by atoms with Gasteiger partial charge in [-0.3, -0.25) is 0 Å². The number of para-hydroxylation sites is 1. The van der Waals surface area contributed by atoms with Gasteiger partial charge in [0.05, 0.1) is 23.8 Å². The summed E-state index contributed by atoms with van der Waals surface area (Å²) in [5, 5.41) is 5.47. The fourth-order valence-electron chi connectivity index (χ4n) is 2.27. The molecule has 1 aromatic heterocycles. The monoisotopic (exact) mass is 238 g/mol. The van der Waals surface area contributed by atoms with E-state index in [0.717, 1.165) is 33.2 Å². The maximum absolute atomic E-state index is 5.28. The average Bonchev–Trinajstić information content (AvgIpc) is 2.44. The van der Waals surface area contributed by atoms with E-state index in [1.54, 1.807) is 7.11 Å². The summed E-state index contributed by atoms with van der Waals surface area (Å²) in [6, 6.07) is 14.1. The Labute approximate surface area is 105 Å². The van der Waals surface area contributed by atoms with Gasteiger partial charge in [-0.25, -0.2) is 4.98 Å². The first-order valence-corrected chi connectivity index (χ1v) is 5.87. The first-order valence-electron chi connectivity index (χ1n) is 5.87. The van der Waals surface area contributed by atoms with Crippen molar-refractivity contribution >= 4 is 27.5 Å². The molecular weight excluding hydrogens is 224 g/mol. The Bertz CT molecular complexity index is 722. The lowest BCUT2D eigenvalue weighted by Gasteiger charge is -2.11. The summed E-state index contributed by atoms with van der Waals surface area (Å²) in [4.78, 5) is 4.67. The number of benzene rings is 2. The Morgan fingerprint density at radius 1 is 1.00 bits per heavy atom. The fourth-order valence-corrected chi connectivity index (χ4v) is 2.27. The number of nitrogens with zero attached hydrogens (tertiary/aromatic N) is 1. The van der Waals surface area contributed by atoms with Gasteiger partial charge in [0.25, 0.3) is 0 Å². The van der Waals surface area contributed by atoms with Crippen molar-refractivity contribution in [2.45, 2.75) is 0 Å². The largest absolute Gasteiger partial charge is 0.497 e. The molecule has 90 valence electrons. The summed E-state index contributed by atoms with van der Waals surface area (Å²) in [6.07, 6.45) is 0. The molecule has 3 aromatic rings. The van der Waals surface area contributed by atoms with Crippen LogP contribution < -0.4 is 10.1 Å². The maximum atomic E-state index is 5.28. The van der Waals surface area contributed by atoms with Crippen LogP contribution in [0, 0.1) is 0 Å². The normalized spacial score (nSPS) is 10.8. The van der Waals surface area contributed by atoms with E-state index in [9.17, 15) is 0 Å². The van der Waals surface area contributed by atoms with Gasteiger partial charge in [0.2, 0.25) is 0 Å². The van der Waals surface area contributed by atoms with Crippen molar-refractivity contribution in [3.8, 4) is 5.75 Å². The van der Waals surface area contributed by atoms with Gasteiger partial charge in [0, 0.05) is 17.8 Å². The number of ether oxygens (including phenoxy) is 1. The summed E-state index contributed by atoms with van der Waals surface area (Å²) >= 11 is 0. The zero-order valence-corrected chi connectivity index (χ0v) is 10.4. The fraction of sp³-hybridized carbons (Fsp3) is 0.133. The van der Waals surface area contributed by atoms with E-state index in [-0.39, 0.29) is 0 Å². The zero-order valence-electron chi connectivity index (χ0n) is 10.4. The Morgan fingerprint density at radius 3 is 2.56 bits per heavy atom. The van der Waals surface area contributed by atoms with Gasteiger partial charge >= 0.3 is 0 Å². The number of hydrogen-bond acceptors (Lipinski definition) is 3. The van der Waals surface area contributed by atoms with Gasteiger partial charge in [-0.2, -0.15) is 0 Å². The highest BCUT2D eigenvalue weighted by Crippen LogP contribution is 2.32. The molecule has 0 spiro atoms. The number of aromatic nitrogens is 1. The Hall–Kier alpha value is -2.29. The number of methoxy groups -OCH3 is 1. The molecule has 0 radical (unpaired) electrons. The molecule has 0 aliphatic rings. The van der Waals surface area contributed by atoms with Gasteiger partial charge in [-0.05, 0) is 24.3 Å². The molecule has 0 unspecified atom stereocenters. The van der Waals surface area contributed by atoms with Gasteiger partial charge < -0.3 is 10.1 Å². The lowest BCUT2D eigenvalue weighted by atomic mass is 10.1. The average molecular weight is 238 g/mol. The predicted molar refractivity (Wildman–Crippen MR) is 75.3 cm³/mol. The number of anilines is 1. The lowest BCUT2D eigenvalue weighted by molar-refractivity contribution is 0.415. The summed E-state index contributed by atoms with van der Waals surface area (Å²) in [5.41, 5.74) is 3.06. The first-order chi connectivity index (χ1) is 8.83. The second-order valence-electron chi connectivity index (χ2n) is 4.14. The van der Waals surface area contributed by atoms with E-state index in [4.69, 9.17) is 4.74 Å². The molecule has 0 amide bonds. The molecule has 1 N–H and O–H groups in total. The second-order valence-corrected chi connectivity index (χ2v) is 4.14. The second kappa shape index (κ2) is 4.18. The summed E-state index contributed by atoms with van der Waals surface area (Å²) in [7, 11) is 3.61. The number of hydrogen-bond donors (Lipinski definition) is 1. The summed E-state index contributed by atoms with van der Waals surface area (Å²) in [5.74, 6) is 0.844. The van der Waals surface area contributed by atoms with Crippen molar-refractivity contribution in [3.63, 3.8) is 0 Å². The molecule has 0 saturated heterocycles. The van der Waals surface area contributed by atoms with Crippen LogP contribution in [0.25, 0.3) is 21.8 Å². The van der Waals surface area contributed by atoms with E-state index in [2.05, 4.69) is 16.4 Å². The Balaban J connectivity index is 2.46. The molecule has 0 fully saturated rings. The van der Waals surface area contributed by atoms with Crippen molar-refractivity contribution in [3.05, 3.63) is 42.5 Å². The Kier molecular flexibility index (Phi) is 2.52. The highest BCUT2D eigenvalue weighted by Gasteiger charge is 2.08. The number of fused-ring (bicyclic) bond motifs is 2. The van der Waals surface area contributed by atoms with E-state index < -0.39 is 0 Å². The third-order valence-corrected chi connectivity index (χ3v) is 3.14. The van der Waals surface area contributed by atoms with Crippen LogP contribution in [0.2, 0.25) is 0 Å². The molecule has 3 rings (SSSR count). The first kappa shape index (κ1) is 10.8.